The van der Waals surface area contributed by atoms with E-state index in [9.17, 15) is 4.79 Å². The largest absolute Gasteiger partial charge is 0.344 e. The summed E-state index contributed by atoms with van der Waals surface area (Å²) in [7, 11) is 0. The van der Waals surface area contributed by atoms with Gasteiger partial charge < -0.3 is 4.90 Å². The van der Waals surface area contributed by atoms with Crippen molar-refractivity contribution >= 4 is 18.2 Å². The molecule has 0 unspecified atom stereocenters. The molecule has 0 aliphatic carbocycles. The molecule has 2 aromatic rings. The fourth-order valence-electron chi connectivity index (χ4n) is 1.93. The third kappa shape index (κ3) is 5.10. The number of hydrogen-bond donors (Lipinski definition) is 0. The van der Waals surface area contributed by atoms with Gasteiger partial charge in [-0.05, 0) is 24.1 Å². The second-order valence-corrected chi connectivity index (χ2v) is 5.71. The van der Waals surface area contributed by atoms with Gasteiger partial charge in [-0.2, -0.15) is 0 Å². The van der Waals surface area contributed by atoms with Gasteiger partial charge in [-0.15, -0.1) is 11.8 Å². The normalized spacial score (nSPS) is 10.2. The molecule has 0 fully saturated rings. The highest BCUT2D eigenvalue weighted by atomic mass is 32.2. The minimum Gasteiger partial charge on any atom is -0.344 e. The molecule has 0 saturated carbocycles. The highest BCUT2D eigenvalue weighted by molar-refractivity contribution is 7.99. The topological polar surface area (TPSA) is 20.3 Å². The van der Waals surface area contributed by atoms with E-state index in [4.69, 9.17) is 0 Å². The number of rotatable bonds is 8. The first-order valence-electron chi connectivity index (χ1n) is 6.79. The Balaban J connectivity index is 1.71. The molecule has 2 rings (SSSR count). The van der Waals surface area contributed by atoms with Crippen LogP contribution in [-0.2, 0) is 11.2 Å². The molecule has 1 amide bonds. The molecule has 0 spiro atoms. The van der Waals surface area contributed by atoms with Crippen LogP contribution >= 0.6 is 11.8 Å². The average Bonchev–Trinajstić information content (AvgIpc) is 2.52. The van der Waals surface area contributed by atoms with Gasteiger partial charge in [0.2, 0.25) is 6.41 Å². The molecule has 2 nitrogen and oxygen atoms in total. The summed E-state index contributed by atoms with van der Waals surface area (Å²) >= 11 is 1.79. The fraction of sp³-hybridized carbons (Fsp3) is 0.235. The number of carbonyl (C=O) groups excluding carboxylic acids is 1. The molecule has 0 N–H and O–H groups in total. The van der Waals surface area contributed by atoms with Crippen LogP contribution in [0.2, 0.25) is 0 Å². The lowest BCUT2D eigenvalue weighted by Gasteiger charge is -2.17. The monoisotopic (exact) mass is 285 g/mol. The van der Waals surface area contributed by atoms with E-state index in [1.807, 2.05) is 41.3 Å². The van der Waals surface area contributed by atoms with E-state index in [1.54, 1.807) is 11.8 Å². The van der Waals surface area contributed by atoms with Gasteiger partial charge in [-0.3, -0.25) is 4.79 Å². The summed E-state index contributed by atoms with van der Waals surface area (Å²) in [5, 5.41) is 0. The van der Waals surface area contributed by atoms with Crippen LogP contribution in [0.5, 0.6) is 0 Å². The number of hydrogen-bond acceptors (Lipinski definition) is 2. The first kappa shape index (κ1) is 14.7. The molecule has 2 aromatic carbocycles. The minimum absolute atomic E-state index is 0.781. The van der Waals surface area contributed by atoms with Crippen molar-refractivity contribution in [1.82, 2.24) is 4.90 Å². The maximum absolute atomic E-state index is 11.1. The van der Waals surface area contributed by atoms with E-state index < -0.39 is 0 Å². The van der Waals surface area contributed by atoms with Crippen molar-refractivity contribution in [2.75, 3.05) is 18.8 Å². The van der Waals surface area contributed by atoms with Gasteiger partial charge in [0.1, 0.15) is 0 Å². The van der Waals surface area contributed by atoms with Crippen molar-refractivity contribution in [3.05, 3.63) is 66.2 Å². The Morgan fingerprint density at radius 3 is 2.20 bits per heavy atom. The molecule has 0 radical (unpaired) electrons. The predicted octanol–water partition coefficient (Wildman–Crippen LogP) is 3.48. The van der Waals surface area contributed by atoms with E-state index in [2.05, 4.69) is 24.3 Å². The fourth-order valence-corrected chi connectivity index (χ4v) is 2.84. The maximum Gasteiger partial charge on any atom is 0.209 e. The molecule has 104 valence electrons. The van der Waals surface area contributed by atoms with Crippen LogP contribution < -0.4 is 0 Å². The van der Waals surface area contributed by atoms with Gasteiger partial charge in [0.15, 0.2) is 0 Å². The minimum atomic E-state index is 0.781. The van der Waals surface area contributed by atoms with Gasteiger partial charge in [0.25, 0.3) is 0 Å². The van der Waals surface area contributed by atoms with Gasteiger partial charge in [-0.25, -0.2) is 0 Å². The SMILES string of the molecule is O=CN(CCSc1ccccc1)CCc1ccccc1. The quantitative estimate of drug-likeness (QED) is 0.547. The van der Waals surface area contributed by atoms with E-state index in [-0.39, 0.29) is 0 Å². The summed E-state index contributed by atoms with van der Waals surface area (Å²) < 4.78 is 0. The molecular weight excluding hydrogens is 266 g/mol. The predicted molar refractivity (Wildman–Crippen MR) is 84.9 cm³/mol. The number of thioether (sulfide) groups is 1. The zero-order valence-electron chi connectivity index (χ0n) is 11.4. The second kappa shape index (κ2) is 8.43. The van der Waals surface area contributed by atoms with Crippen LogP contribution in [0.25, 0.3) is 0 Å². The Kier molecular flexibility index (Phi) is 6.18. The summed E-state index contributed by atoms with van der Waals surface area (Å²) in [5.74, 6) is 0.928. The number of benzene rings is 2. The molecule has 0 heterocycles. The third-order valence-corrected chi connectivity index (χ3v) is 4.06. The molecule has 0 saturated heterocycles. The van der Waals surface area contributed by atoms with Gasteiger partial charge >= 0.3 is 0 Å². The van der Waals surface area contributed by atoms with Crippen molar-refractivity contribution in [2.45, 2.75) is 11.3 Å². The van der Waals surface area contributed by atoms with E-state index in [1.165, 1.54) is 10.5 Å². The van der Waals surface area contributed by atoms with Crippen LogP contribution in [0.4, 0.5) is 0 Å². The molecule has 0 atom stereocenters. The number of carbonyl (C=O) groups is 1. The highest BCUT2D eigenvalue weighted by Gasteiger charge is 2.02. The second-order valence-electron chi connectivity index (χ2n) is 4.54. The van der Waals surface area contributed by atoms with Gasteiger partial charge in [0, 0.05) is 23.7 Å². The Morgan fingerprint density at radius 1 is 0.900 bits per heavy atom. The molecular formula is C17H19NOS. The molecule has 0 aliphatic rings. The first-order valence-corrected chi connectivity index (χ1v) is 7.78. The molecule has 3 heteroatoms. The third-order valence-electron chi connectivity index (χ3n) is 3.07. The van der Waals surface area contributed by atoms with Crippen molar-refractivity contribution in [1.29, 1.82) is 0 Å². The Morgan fingerprint density at radius 2 is 1.55 bits per heavy atom. The van der Waals surface area contributed by atoms with E-state index in [0.29, 0.717) is 0 Å². The molecule has 20 heavy (non-hydrogen) atoms. The zero-order chi connectivity index (χ0) is 14.0. The maximum atomic E-state index is 11.1. The number of amides is 1. The summed E-state index contributed by atoms with van der Waals surface area (Å²) in [5.41, 5.74) is 1.27. The summed E-state index contributed by atoms with van der Waals surface area (Å²) in [4.78, 5) is 14.2. The summed E-state index contributed by atoms with van der Waals surface area (Å²) in [6, 6.07) is 20.6. The van der Waals surface area contributed by atoms with Gasteiger partial charge in [0.05, 0.1) is 0 Å². The Labute approximate surface area is 124 Å². The van der Waals surface area contributed by atoms with Crippen molar-refractivity contribution < 1.29 is 4.79 Å². The van der Waals surface area contributed by atoms with Crippen LogP contribution in [0, 0.1) is 0 Å². The van der Waals surface area contributed by atoms with Crippen LogP contribution in [0.15, 0.2) is 65.6 Å². The summed E-state index contributed by atoms with van der Waals surface area (Å²) in [6.45, 7) is 1.57. The van der Waals surface area contributed by atoms with Gasteiger partial charge in [-0.1, -0.05) is 48.5 Å². The van der Waals surface area contributed by atoms with Crippen molar-refractivity contribution in [2.24, 2.45) is 0 Å². The van der Waals surface area contributed by atoms with Crippen molar-refractivity contribution in [3.63, 3.8) is 0 Å². The highest BCUT2D eigenvalue weighted by Crippen LogP contribution is 2.16. The average molecular weight is 285 g/mol. The smallest absolute Gasteiger partial charge is 0.209 e. The molecule has 0 aromatic heterocycles. The lowest BCUT2D eigenvalue weighted by atomic mass is 10.1. The molecule has 0 bridgehead atoms. The van der Waals surface area contributed by atoms with Crippen LogP contribution in [0.3, 0.4) is 0 Å². The molecule has 0 aliphatic heterocycles. The van der Waals surface area contributed by atoms with Crippen LogP contribution in [-0.4, -0.2) is 30.2 Å². The van der Waals surface area contributed by atoms with Crippen molar-refractivity contribution in [3.8, 4) is 0 Å². The van der Waals surface area contributed by atoms with E-state index >= 15 is 0 Å². The van der Waals surface area contributed by atoms with E-state index in [0.717, 1.165) is 31.7 Å². The standard InChI is InChI=1S/C17H19NOS/c19-15-18(12-11-16-7-3-1-4-8-16)13-14-20-17-9-5-2-6-10-17/h1-10,15H,11-14H2. The Hall–Kier alpha value is -1.74. The van der Waals surface area contributed by atoms with Crippen LogP contribution in [0.1, 0.15) is 5.56 Å². The lowest BCUT2D eigenvalue weighted by Crippen LogP contribution is -2.26. The number of nitrogens with zero attached hydrogens (tertiary/aromatic N) is 1. The lowest BCUT2D eigenvalue weighted by molar-refractivity contribution is -0.117. The zero-order valence-corrected chi connectivity index (χ0v) is 12.3. The Bertz CT molecular complexity index is 501. The summed E-state index contributed by atoms with van der Waals surface area (Å²) in [6.07, 6.45) is 1.87. The first-order chi connectivity index (χ1) is 9.88.